The summed E-state index contributed by atoms with van der Waals surface area (Å²) in [5, 5.41) is 1.88. The molecule has 124 valence electrons. The van der Waals surface area contributed by atoms with Crippen LogP contribution in [0.1, 0.15) is 58.3 Å². The maximum Gasteiger partial charge on any atom is 0.0218 e. The van der Waals surface area contributed by atoms with Gasteiger partial charge in [0.05, 0.1) is 0 Å². The Labute approximate surface area is 141 Å². The second-order valence-electron chi connectivity index (χ2n) is 7.43. The fraction of sp³-hybridized carbons (Fsp3) is 1.00. The Bertz CT molecular complexity index is 304. The molecule has 4 heteroatoms. The molecule has 1 heterocycles. The molecule has 0 radical (unpaired) electrons. The molecule has 3 fully saturated rings. The van der Waals surface area contributed by atoms with Crippen LogP contribution in [0.15, 0.2) is 0 Å². The van der Waals surface area contributed by atoms with Gasteiger partial charge in [-0.25, -0.2) is 0 Å². The van der Waals surface area contributed by atoms with E-state index in [4.69, 9.17) is 0 Å². The molecule has 3 rings (SSSR count). The molecule has 0 aromatic rings. The van der Waals surface area contributed by atoms with E-state index in [0.29, 0.717) is 6.04 Å². The SMILES string of the molecule is CC(CN1C2CCCCC2SC2CCCCC21)N(C)C.Cl. The van der Waals surface area contributed by atoms with Crippen LogP contribution in [0.5, 0.6) is 0 Å². The lowest BCUT2D eigenvalue weighted by Gasteiger charge is -2.54. The highest BCUT2D eigenvalue weighted by Crippen LogP contribution is 2.46. The topological polar surface area (TPSA) is 6.48 Å². The van der Waals surface area contributed by atoms with Gasteiger partial charge in [0.15, 0.2) is 0 Å². The maximum absolute atomic E-state index is 2.97. The summed E-state index contributed by atoms with van der Waals surface area (Å²) >= 11 is 2.38. The Hall–Kier alpha value is 0.560. The molecule has 0 amide bonds. The van der Waals surface area contributed by atoms with E-state index in [-0.39, 0.29) is 12.4 Å². The van der Waals surface area contributed by atoms with E-state index in [1.165, 1.54) is 57.9 Å². The number of likely N-dealkylation sites (N-methyl/N-ethyl adjacent to an activating group) is 1. The van der Waals surface area contributed by atoms with Gasteiger partial charge in [-0.05, 0) is 46.7 Å². The molecular formula is C17H33ClN2S. The molecule has 0 aromatic carbocycles. The molecule has 5 atom stereocenters. The number of hydrogen-bond donors (Lipinski definition) is 0. The van der Waals surface area contributed by atoms with Crippen LogP contribution in [0.3, 0.4) is 0 Å². The van der Waals surface area contributed by atoms with Crippen LogP contribution in [-0.2, 0) is 0 Å². The van der Waals surface area contributed by atoms with Crippen LogP contribution in [-0.4, -0.2) is 59.1 Å². The third kappa shape index (κ3) is 3.91. The Morgan fingerprint density at radius 2 is 1.43 bits per heavy atom. The smallest absolute Gasteiger partial charge is 0.0218 e. The zero-order valence-electron chi connectivity index (χ0n) is 14.0. The quantitative estimate of drug-likeness (QED) is 0.770. The minimum Gasteiger partial charge on any atom is -0.305 e. The summed E-state index contributed by atoms with van der Waals surface area (Å²) in [6.45, 7) is 3.69. The van der Waals surface area contributed by atoms with Gasteiger partial charge in [0, 0.05) is 35.2 Å². The van der Waals surface area contributed by atoms with E-state index in [1.54, 1.807) is 0 Å². The Morgan fingerprint density at radius 3 is 1.90 bits per heavy atom. The Morgan fingerprint density at radius 1 is 0.952 bits per heavy atom. The van der Waals surface area contributed by atoms with Crippen LogP contribution < -0.4 is 0 Å². The number of halogens is 1. The van der Waals surface area contributed by atoms with E-state index in [2.05, 4.69) is 42.6 Å². The van der Waals surface area contributed by atoms with E-state index in [0.717, 1.165) is 22.6 Å². The first kappa shape index (κ1) is 17.9. The van der Waals surface area contributed by atoms with Crippen LogP contribution in [0.4, 0.5) is 0 Å². The number of hydrogen-bond acceptors (Lipinski definition) is 3. The minimum atomic E-state index is 0. The molecule has 0 aromatic heterocycles. The summed E-state index contributed by atoms with van der Waals surface area (Å²) in [7, 11) is 4.47. The van der Waals surface area contributed by atoms with Crippen molar-refractivity contribution in [1.29, 1.82) is 0 Å². The molecule has 2 nitrogen and oxygen atoms in total. The van der Waals surface area contributed by atoms with Crippen molar-refractivity contribution >= 4 is 24.2 Å². The van der Waals surface area contributed by atoms with Gasteiger partial charge >= 0.3 is 0 Å². The first-order valence-electron chi connectivity index (χ1n) is 8.74. The summed E-state index contributed by atoms with van der Waals surface area (Å²) in [5.74, 6) is 0. The predicted octanol–water partition coefficient (Wildman–Crippen LogP) is 4.03. The normalized spacial score (nSPS) is 38.3. The van der Waals surface area contributed by atoms with Crippen molar-refractivity contribution in [1.82, 2.24) is 9.80 Å². The predicted molar refractivity (Wildman–Crippen MR) is 96.8 cm³/mol. The van der Waals surface area contributed by atoms with Crippen molar-refractivity contribution in [2.75, 3.05) is 20.6 Å². The van der Waals surface area contributed by atoms with Gasteiger partial charge in [-0.2, -0.15) is 11.8 Å². The average molecular weight is 333 g/mol. The third-order valence-corrected chi connectivity index (χ3v) is 7.69. The molecule has 0 bridgehead atoms. The summed E-state index contributed by atoms with van der Waals surface area (Å²) < 4.78 is 0. The summed E-state index contributed by atoms with van der Waals surface area (Å²) in [6, 6.07) is 2.45. The van der Waals surface area contributed by atoms with Gasteiger partial charge in [-0.15, -0.1) is 12.4 Å². The third-order valence-electron chi connectivity index (χ3n) is 5.89. The van der Waals surface area contributed by atoms with E-state index >= 15 is 0 Å². The fourth-order valence-corrected chi connectivity index (χ4v) is 6.44. The first-order valence-corrected chi connectivity index (χ1v) is 9.68. The van der Waals surface area contributed by atoms with Crippen molar-refractivity contribution in [3.63, 3.8) is 0 Å². The highest BCUT2D eigenvalue weighted by Gasteiger charge is 2.44. The molecule has 0 N–H and O–H groups in total. The minimum absolute atomic E-state index is 0. The summed E-state index contributed by atoms with van der Waals surface area (Å²) in [6.07, 6.45) is 11.8. The summed E-state index contributed by atoms with van der Waals surface area (Å²) in [5.41, 5.74) is 0. The second-order valence-corrected chi connectivity index (χ2v) is 8.91. The van der Waals surface area contributed by atoms with Crippen LogP contribution in [0.2, 0.25) is 0 Å². The molecule has 1 saturated heterocycles. The highest BCUT2D eigenvalue weighted by atomic mass is 35.5. The van der Waals surface area contributed by atoms with Crippen LogP contribution in [0, 0.1) is 0 Å². The lowest BCUT2D eigenvalue weighted by Crippen LogP contribution is -2.60. The first-order chi connectivity index (χ1) is 9.66. The molecule has 5 unspecified atom stereocenters. The molecular weight excluding hydrogens is 300 g/mol. The van der Waals surface area contributed by atoms with Gasteiger partial charge in [0.25, 0.3) is 0 Å². The maximum atomic E-state index is 2.97. The van der Waals surface area contributed by atoms with Gasteiger partial charge in [0.2, 0.25) is 0 Å². The van der Waals surface area contributed by atoms with Gasteiger partial charge in [-0.3, -0.25) is 4.90 Å². The molecule has 0 spiro atoms. The van der Waals surface area contributed by atoms with Gasteiger partial charge in [0.1, 0.15) is 0 Å². The standard InChI is InChI=1S/C17H32N2S.ClH/c1-13(18(2)3)12-19-14-8-4-6-10-16(14)20-17-11-7-5-9-15(17)19;/h13-17H,4-12H2,1-3H3;1H. The van der Waals surface area contributed by atoms with E-state index < -0.39 is 0 Å². The largest absolute Gasteiger partial charge is 0.305 e. The molecule has 2 saturated carbocycles. The van der Waals surface area contributed by atoms with Crippen LogP contribution >= 0.6 is 24.2 Å². The molecule has 1 aliphatic heterocycles. The summed E-state index contributed by atoms with van der Waals surface area (Å²) in [4.78, 5) is 5.37. The lowest BCUT2D eigenvalue weighted by molar-refractivity contribution is 0.0553. The highest BCUT2D eigenvalue weighted by molar-refractivity contribution is 8.00. The van der Waals surface area contributed by atoms with E-state index in [1.807, 2.05) is 0 Å². The van der Waals surface area contributed by atoms with Crippen molar-refractivity contribution in [3.8, 4) is 0 Å². The van der Waals surface area contributed by atoms with Crippen molar-refractivity contribution in [2.45, 2.75) is 86.9 Å². The number of rotatable bonds is 3. The van der Waals surface area contributed by atoms with Crippen LogP contribution in [0.25, 0.3) is 0 Å². The van der Waals surface area contributed by atoms with E-state index in [9.17, 15) is 0 Å². The monoisotopic (exact) mass is 332 g/mol. The number of nitrogens with zero attached hydrogens (tertiary/aromatic N) is 2. The van der Waals surface area contributed by atoms with Crippen molar-refractivity contribution in [3.05, 3.63) is 0 Å². The van der Waals surface area contributed by atoms with Crippen molar-refractivity contribution < 1.29 is 0 Å². The fourth-order valence-electron chi connectivity index (χ4n) is 4.44. The Kier molecular flexibility index (Phi) is 6.73. The zero-order valence-corrected chi connectivity index (χ0v) is 15.6. The average Bonchev–Trinajstić information content (AvgIpc) is 2.46. The Balaban J connectivity index is 0.00000161. The van der Waals surface area contributed by atoms with Gasteiger partial charge < -0.3 is 4.90 Å². The lowest BCUT2D eigenvalue weighted by atomic mass is 9.87. The van der Waals surface area contributed by atoms with Crippen molar-refractivity contribution in [2.24, 2.45) is 0 Å². The molecule has 21 heavy (non-hydrogen) atoms. The number of fused-ring (bicyclic) bond motifs is 2. The zero-order chi connectivity index (χ0) is 14.1. The second kappa shape index (κ2) is 7.90. The molecule has 3 aliphatic rings. The molecule has 2 aliphatic carbocycles. The van der Waals surface area contributed by atoms with Gasteiger partial charge in [-0.1, -0.05) is 25.7 Å². The number of thioether (sulfide) groups is 1.